The number of methoxy groups -OCH3 is 2. The standard InChI is InChI=1S/C22H23N3O3/c1-14-5-8-18(15(2)11-14)25-21-10-6-16(13-23-21)22(26)24-17-7-9-19(27-3)20(12-17)28-4/h5-13H,1-4H3,(H,23,25)(H,24,26). The molecule has 28 heavy (non-hydrogen) atoms. The van der Waals surface area contributed by atoms with Crippen molar-refractivity contribution < 1.29 is 14.3 Å². The minimum atomic E-state index is -0.252. The first-order valence-electron chi connectivity index (χ1n) is 8.84. The van der Waals surface area contributed by atoms with Crippen molar-refractivity contribution in [1.82, 2.24) is 4.98 Å². The molecule has 2 N–H and O–H groups in total. The van der Waals surface area contributed by atoms with Gasteiger partial charge in [-0.25, -0.2) is 4.98 Å². The Kier molecular flexibility index (Phi) is 5.79. The molecule has 144 valence electrons. The summed E-state index contributed by atoms with van der Waals surface area (Å²) in [5, 5.41) is 6.10. The van der Waals surface area contributed by atoms with Crippen LogP contribution in [0.3, 0.4) is 0 Å². The summed E-state index contributed by atoms with van der Waals surface area (Å²) in [6, 6.07) is 14.9. The van der Waals surface area contributed by atoms with E-state index in [9.17, 15) is 4.79 Å². The summed E-state index contributed by atoms with van der Waals surface area (Å²) in [5.41, 5.74) is 4.40. The second kappa shape index (κ2) is 8.43. The first kappa shape index (κ1) is 19.2. The Hall–Kier alpha value is -3.54. The van der Waals surface area contributed by atoms with Gasteiger partial charge in [0.15, 0.2) is 11.5 Å². The van der Waals surface area contributed by atoms with Gasteiger partial charge in [-0.3, -0.25) is 4.79 Å². The van der Waals surface area contributed by atoms with E-state index >= 15 is 0 Å². The molecule has 6 heteroatoms. The van der Waals surface area contributed by atoms with Crippen LogP contribution >= 0.6 is 0 Å². The lowest BCUT2D eigenvalue weighted by Crippen LogP contribution is -2.12. The fraction of sp³-hybridized carbons (Fsp3) is 0.182. The van der Waals surface area contributed by atoms with Crippen molar-refractivity contribution in [3.05, 3.63) is 71.4 Å². The molecule has 3 aromatic rings. The highest BCUT2D eigenvalue weighted by molar-refractivity contribution is 6.04. The zero-order valence-electron chi connectivity index (χ0n) is 16.4. The zero-order chi connectivity index (χ0) is 20.1. The average molecular weight is 377 g/mol. The average Bonchev–Trinajstić information content (AvgIpc) is 2.70. The molecular weight excluding hydrogens is 354 g/mol. The highest BCUT2D eigenvalue weighted by Crippen LogP contribution is 2.30. The molecule has 0 unspecified atom stereocenters. The van der Waals surface area contributed by atoms with Gasteiger partial charge in [-0.15, -0.1) is 0 Å². The molecule has 0 fully saturated rings. The fourth-order valence-corrected chi connectivity index (χ4v) is 2.81. The van der Waals surface area contributed by atoms with Crippen molar-refractivity contribution in [2.24, 2.45) is 0 Å². The van der Waals surface area contributed by atoms with Crippen LogP contribution in [0.15, 0.2) is 54.7 Å². The zero-order valence-corrected chi connectivity index (χ0v) is 16.4. The number of carbonyl (C=O) groups is 1. The van der Waals surface area contributed by atoms with E-state index in [1.165, 1.54) is 5.56 Å². The van der Waals surface area contributed by atoms with Crippen molar-refractivity contribution in [2.45, 2.75) is 13.8 Å². The largest absolute Gasteiger partial charge is 0.493 e. The lowest BCUT2D eigenvalue weighted by atomic mass is 10.1. The van der Waals surface area contributed by atoms with Crippen LogP contribution in [0.2, 0.25) is 0 Å². The van der Waals surface area contributed by atoms with Crippen LogP contribution in [-0.4, -0.2) is 25.1 Å². The Bertz CT molecular complexity index is 985. The molecule has 6 nitrogen and oxygen atoms in total. The topological polar surface area (TPSA) is 72.5 Å². The van der Waals surface area contributed by atoms with Gasteiger partial charge in [-0.05, 0) is 49.7 Å². The van der Waals surface area contributed by atoms with Crippen LogP contribution in [0.1, 0.15) is 21.5 Å². The van der Waals surface area contributed by atoms with Gasteiger partial charge in [0.25, 0.3) is 5.91 Å². The van der Waals surface area contributed by atoms with Crippen LogP contribution in [-0.2, 0) is 0 Å². The Morgan fingerprint density at radius 2 is 1.71 bits per heavy atom. The highest BCUT2D eigenvalue weighted by Gasteiger charge is 2.10. The van der Waals surface area contributed by atoms with E-state index in [1.807, 2.05) is 19.1 Å². The van der Waals surface area contributed by atoms with E-state index in [0.29, 0.717) is 28.6 Å². The SMILES string of the molecule is COc1ccc(NC(=O)c2ccc(Nc3ccc(C)cc3C)nc2)cc1OC. The van der Waals surface area contributed by atoms with E-state index in [0.717, 1.165) is 11.3 Å². The highest BCUT2D eigenvalue weighted by atomic mass is 16.5. The normalized spacial score (nSPS) is 10.3. The maximum Gasteiger partial charge on any atom is 0.257 e. The van der Waals surface area contributed by atoms with Crippen LogP contribution in [0.25, 0.3) is 0 Å². The second-order valence-corrected chi connectivity index (χ2v) is 6.40. The van der Waals surface area contributed by atoms with E-state index in [-0.39, 0.29) is 5.91 Å². The summed E-state index contributed by atoms with van der Waals surface area (Å²) >= 11 is 0. The molecule has 0 aliphatic heterocycles. The Morgan fingerprint density at radius 3 is 2.36 bits per heavy atom. The predicted octanol–water partition coefficient (Wildman–Crippen LogP) is 4.71. The summed E-state index contributed by atoms with van der Waals surface area (Å²) in [4.78, 5) is 16.8. The van der Waals surface area contributed by atoms with Gasteiger partial charge < -0.3 is 20.1 Å². The number of ether oxygens (including phenoxy) is 2. The van der Waals surface area contributed by atoms with Crippen LogP contribution in [0.5, 0.6) is 11.5 Å². The van der Waals surface area contributed by atoms with E-state index in [1.54, 1.807) is 50.7 Å². The maximum absolute atomic E-state index is 12.5. The molecule has 3 rings (SSSR count). The fourth-order valence-electron chi connectivity index (χ4n) is 2.81. The van der Waals surface area contributed by atoms with Crippen LogP contribution in [0, 0.1) is 13.8 Å². The Labute approximate surface area is 164 Å². The number of nitrogens with zero attached hydrogens (tertiary/aromatic N) is 1. The van der Waals surface area contributed by atoms with Crippen molar-refractivity contribution in [3.63, 3.8) is 0 Å². The lowest BCUT2D eigenvalue weighted by molar-refractivity contribution is 0.102. The minimum Gasteiger partial charge on any atom is -0.493 e. The third kappa shape index (κ3) is 4.40. The lowest BCUT2D eigenvalue weighted by Gasteiger charge is -2.11. The summed E-state index contributed by atoms with van der Waals surface area (Å²) in [6.07, 6.45) is 1.54. The molecule has 1 amide bonds. The molecule has 0 spiro atoms. The molecule has 0 bridgehead atoms. The summed E-state index contributed by atoms with van der Waals surface area (Å²) in [7, 11) is 3.12. The van der Waals surface area contributed by atoms with Gasteiger partial charge in [0.05, 0.1) is 19.8 Å². The number of pyridine rings is 1. The Balaban J connectivity index is 1.70. The number of aromatic nitrogens is 1. The summed E-state index contributed by atoms with van der Waals surface area (Å²) in [6.45, 7) is 4.10. The molecule has 0 radical (unpaired) electrons. The number of hydrogen-bond acceptors (Lipinski definition) is 5. The number of rotatable bonds is 6. The van der Waals surface area contributed by atoms with Crippen molar-refractivity contribution >= 4 is 23.1 Å². The van der Waals surface area contributed by atoms with Crippen molar-refractivity contribution in [2.75, 3.05) is 24.9 Å². The number of aryl methyl sites for hydroxylation is 2. The van der Waals surface area contributed by atoms with E-state index in [2.05, 4.69) is 28.6 Å². The molecule has 0 aliphatic carbocycles. The number of nitrogens with one attached hydrogen (secondary N) is 2. The molecule has 2 aromatic carbocycles. The molecule has 0 atom stereocenters. The third-order valence-electron chi connectivity index (χ3n) is 4.31. The molecule has 1 aromatic heterocycles. The maximum atomic E-state index is 12.5. The number of amides is 1. The Morgan fingerprint density at radius 1 is 0.929 bits per heavy atom. The quantitative estimate of drug-likeness (QED) is 0.651. The summed E-state index contributed by atoms with van der Waals surface area (Å²) in [5.74, 6) is 1.57. The molecule has 0 saturated heterocycles. The van der Waals surface area contributed by atoms with Gasteiger partial charge >= 0.3 is 0 Å². The predicted molar refractivity (Wildman–Crippen MR) is 111 cm³/mol. The van der Waals surface area contributed by atoms with Gasteiger partial charge in [0, 0.05) is 23.6 Å². The summed E-state index contributed by atoms with van der Waals surface area (Å²) < 4.78 is 10.5. The monoisotopic (exact) mass is 377 g/mol. The molecule has 1 heterocycles. The molecule has 0 saturated carbocycles. The van der Waals surface area contributed by atoms with Crippen LogP contribution in [0.4, 0.5) is 17.2 Å². The number of anilines is 3. The van der Waals surface area contributed by atoms with Crippen molar-refractivity contribution in [3.8, 4) is 11.5 Å². The first-order valence-corrected chi connectivity index (χ1v) is 8.84. The smallest absolute Gasteiger partial charge is 0.257 e. The van der Waals surface area contributed by atoms with Gasteiger partial charge in [0.1, 0.15) is 5.82 Å². The second-order valence-electron chi connectivity index (χ2n) is 6.40. The van der Waals surface area contributed by atoms with E-state index < -0.39 is 0 Å². The number of carbonyl (C=O) groups excluding carboxylic acids is 1. The van der Waals surface area contributed by atoms with Gasteiger partial charge in [-0.2, -0.15) is 0 Å². The third-order valence-corrected chi connectivity index (χ3v) is 4.31. The van der Waals surface area contributed by atoms with E-state index in [4.69, 9.17) is 9.47 Å². The first-order chi connectivity index (χ1) is 13.5. The van der Waals surface area contributed by atoms with Crippen LogP contribution < -0.4 is 20.1 Å². The van der Waals surface area contributed by atoms with Crippen molar-refractivity contribution in [1.29, 1.82) is 0 Å². The molecule has 0 aliphatic rings. The number of hydrogen-bond donors (Lipinski definition) is 2. The minimum absolute atomic E-state index is 0.252. The van der Waals surface area contributed by atoms with Gasteiger partial charge in [-0.1, -0.05) is 17.7 Å². The van der Waals surface area contributed by atoms with Gasteiger partial charge in [0.2, 0.25) is 0 Å². The molecular formula is C22H23N3O3. The number of benzene rings is 2.